The van der Waals surface area contributed by atoms with Gasteiger partial charge in [0.1, 0.15) is 16.9 Å². The summed E-state index contributed by atoms with van der Waals surface area (Å²) in [5, 5.41) is 15.7. The first-order chi connectivity index (χ1) is 9.81. The lowest BCUT2D eigenvalue weighted by molar-refractivity contribution is -0.385. The summed E-state index contributed by atoms with van der Waals surface area (Å²) in [6.45, 7) is 4.07. The maximum Gasteiger partial charge on any atom is 0.300 e. The van der Waals surface area contributed by atoms with Crippen LogP contribution >= 0.6 is 11.6 Å². The normalized spacial score (nSPS) is 10.3. The predicted octanol–water partition coefficient (Wildman–Crippen LogP) is 1.15. The molecule has 9 heteroatoms. The molecule has 8 nitrogen and oxygen atoms in total. The molecule has 0 fully saturated rings. The summed E-state index contributed by atoms with van der Waals surface area (Å²) in [6, 6.07) is 1.08. The first-order valence-corrected chi connectivity index (χ1v) is 6.54. The number of halogens is 1. The fourth-order valence-corrected chi connectivity index (χ4v) is 1.54. The van der Waals surface area contributed by atoms with Gasteiger partial charge >= 0.3 is 0 Å². The quantitative estimate of drug-likeness (QED) is 0.464. The first kappa shape index (κ1) is 16.8. The molecule has 0 aromatic carbocycles. The number of amides is 2. The van der Waals surface area contributed by atoms with E-state index < -0.39 is 16.5 Å². The van der Waals surface area contributed by atoms with Crippen molar-refractivity contribution in [3.8, 4) is 0 Å². The maximum absolute atomic E-state index is 11.9. The summed E-state index contributed by atoms with van der Waals surface area (Å²) in [4.78, 5) is 37.0. The van der Waals surface area contributed by atoms with E-state index in [9.17, 15) is 19.7 Å². The van der Waals surface area contributed by atoms with Crippen molar-refractivity contribution in [2.75, 3.05) is 13.1 Å². The van der Waals surface area contributed by atoms with E-state index in [1.165, 1.54) is 0 Å². The second-order valence-electron chi connectivity index (χ2n) is 4.66. The van der Waals surface area contributed by atoms with Crippen LogP contribution in [-0.2, 0) is 4.79 Å². The average Bonchev–Trinajstić information content (AvgIpc) is 2.41. The van der Waals surface area contributed by atoms with E-state index in [0.29, 0.717) is 6.54 Å². The summed E-state index contributed by atoms with van der Waals surface area (Å²) in [5.41, 5.74) is -0.712. The third-order valence-electron chi connectivity index (χ3n) is 2.41. The lowest BCUT2D eigenvalue weighted by atomic mass is 10.2. The van der Waals surface area contributed by atoms with Gasteiger partial charge in [-0.3, -0.25) is 19.7 Å². The van der Waals surface area contributed by atoms with Gasteiger partial charge in [-0.2, -0.15) is 0 Å². The number of nitro groups is 1. The van der Waals surface area contributed by atoms with Gasteiger partial charge in [-0.1, -0.05) is 25.4 Å². The van der Waals surface area contributed by atoms with E-state index in [2.05, 4.69) is 15.6 Å². The fraction of sp³-hybridized carbons (Fsp3) is 0.417. The third-order valence-corrected chi connectivity index (χ3v) is 2.61. The van der Waals surface area contributed by atoms with Crippen LogP contribution in [0.4, 0.5) is 5.69 Å². The average molecular weight is 315 g/mol. The molecular formula is C12H15ClN4O4. The van der Waals surface area contributed by atoms with Crippen LogP contribution in [0.25, 0.3) is 0 Å². The molecule has 1 aromatic rings. The Hall–Kier alpha value is -2.22. The van der Waals surface area contributed by atoms with Crippen LogP contribution < -0.4 is 10.6 Å². The van der Waals surface area contributed by atoms with Gasteiger partial charge in [-0.25, -0.2) is 4.98 Å². The molecule has 0 atom stereocenters. The Balaban J connectivity index is 2.70. The minimum atomic E-state index is -0.759. The minimum Gasteiger partial charge on any atom is -0.354 e. The molecule has 0 spiro atoms. The van der Waals surface area contributed by atoms with Gasteiger partial charge in [-0.05, 0) is 12.0 Å². The van der Waals surface area contributed by atoms with Crippen LogP contribution in [0, 0.1) is 16.0 Å². The number of nitrogens with one attached hydrogen (secondary N) is 2. The van der Waals surface area contributed by atoms with Gasteiger partial charge in [0.15, 0.2) is 0 Å². The van der Waals surface area contributed by atoms with Gasteiger partial charge in [0.25, 0.3) is 11.6 Å². The number of hydrogen-bond acceptors (Lipinski definition) is 5. The Labute approximate surface area is 126 Å². The molecule has 2 N–H and O–H groups in total. The van der Waals surface area contributed by atoms with E-state index in [4.69, 9.17) is 11.6 Å². The van der Waals surface area contributed by atoms with E-state index in [-0.39, 0.29) is 29.1 Å². The Kier molecular flexibility index (Phi) is 6.04. The molecule has 0 aliphatic heterocycles. The zero-order valence-electron chi connectivity index (χ0n) is 11.6. The standard InChI is InChI=1S/C12H15ClN4O4/c1-7(2)4-15-11(18)6-16-12(19)8-3-10(13)14-5-9(8)17(20)21/h3,5,7H,4,6H2,1-2H3,(H,15,18)(H,16,19). The number of carbonyl (C=O) groups excluding carboxylic acids is 2. The van der Waals surface area contributed by atoms with Crippen molar-refractivity contribution in [2.45, 2.75) is 13.8 Å². The van der Waals surface area contributed by atoms with Crippen LogP contribution in [0.2, 0.25) is 5.15 Å². The first-order valence-electron chi connectivity index (χ1n) is 6.16. The highest BCUT2D eigenvalue weighted by Crippen LogP contribution is 2.19. The monoisotopic (exact) mass is 314 g/mol. The van der Waals surface area contributed by atoms with Gasteiger partial charge < -0.3 is 10.6 Å². The molecule has 1 aromatic heterocycles. The van der Waals surface area contributed by atoms with Crippen molar-refractivity contribution in [1.82, 2.24) is 15.6 Å². The zero-order chi connectivity index (χ0) is 16.0. The highest BCUT2D eigenvalue weighted by molar-refractivity contribution is 6.29. The van der Waals surface area contributed by atoms with E-state index in [0.717, 1.165) is 12.3 Å². The van der Waals surface area contributed by atoms with Crippen LogP contribution in [-0.4, -0.2) is 34.8 Å². The zero-order valence-corrected chi connectivity index (χ0v) is 12.3. The molecule has 21 heavy (non-hydrogen) atoms. The summed E-state index contributed by atoms with van der Waals surface area (Å²) < 4.78 is 0. The fourth-order valence-electron chi connectivity index (χ4n) is 1.39. The summed E-state index contributed by atoms with van der Waals surface area (Å²) in [6.07, 6.45) is 0.899. The highest BCUT2D eigenvalue weighted by atomic mass is 35.5. The largest absolute Gasteiger partial charge is 0.354 e. The molecule has 1 heterocycles. The highest BCUT2D eigenvalue weighted by Gasteiger charge is 2.21. The Morgan fingerprint density at radius 2 is 2.10 bits per heavy atom. The van der Waals surface area contributed by atoms with Crippen molar-refractivity contribution < 1.29 is 14.5 Å². The molecule has 0 saturated heterocycles. The number of pyridine rings is 1. The van der Waals surface area contributed by atoms with E-state index >= 15 is 0 Å². The van der Waals surface area contributed by atoms with Crippen molar-refractivity contribution >= 4 is 29.1 Å². The molecule has 2 amide bonds. The Morgan fingerprint density at radius 3 is 2.67 bits per heavy atom. The van der Waals surface area contributed by atoms with Gasteiger partial charge in [-0.15, -0.1) is 0 Å². The molecule has 0 radical (unpaired) electrons. The van der Waals surface area contributed by atoms with E-state index in [1.54, 1.807) is 0 Å². The summed E-state index contributed by atoms with van der Waals surface area (Å²) in [5.74, 6) is -0.852. The van der Waals surface area contributed by atoms with Crippen LogP contribution in [0.15, 0.2) is 12.3 Å². The summed E-state index contributed by atoms with van der Waals surface area (Å²) in [7, 11) is 0. The molecular weight excluding hydrogens is 300 g/mol. The van der Waals surface area contributed by atoms with Crippen molar-refractivity contribution in [3.63, 3.8) is 0 Å². The smallest absolute Gasteiger partial charge is 0.300 e. The minimum absolute atomic E-state index is 0.0463. The lowest BCUT2D eigenvalue weighted by Crippen LogP contribution is -2.38. The van der Waals surface area contributed by atoms with E-state index in [1.807, 2.05) is 13.8 Å². The number of nitrogens with zero attached hydrogens (tertiary/aromatic N) is 2. The Bertz CT molecular complexity index is 562. The van der Waals surface area contributed by atoms with Crippen molar-refractivity contribution in [2.24, 2.45) is 5.92 Å². The maximum atomic E-state index is 11.9. The van der Waals surface area contributed by atoms with Crippen LogP contribution in [0.3, 0.4) is 0 Å². The molecule has 0 unspecified atom stereocenters. The number of carbonyl (C=O) groups is 2. The lowest BCUT2D eigenvalue weighted by Gasteiger charge is -2.09. The molecule has 114 valence electrons. The topological polar surface area (TPSA) is 114 Å². The Morgan fingerprint density at radius 1 is 1.43 bits per heavy atom. The second-order valence-corrected chi connectivity index (χ2v) is 5.05. The number of rotatable bonds is 6. The molecule has 1 rings (SSSR count). The summed E-state index contributed by atoms with van der Waals surface area (Å²) >= 11 is 5.62. The number of hydrogen-bond donors (Lipinski definition) is 2. The van der Waals surface area contributed by atoms with Crippen molar-refractivity contribution in [3.05, 3.63) is 33.1 Å². The second kappa shape index (κ2) is 7.53. The van der Waals surface area contributed by atoms with Crippen LogP contribution in [0.1, 0.15) is 24.2 Å². The SMILES string of the molecule is CC(C)CNC(=O)CNC(=O)c1cc(Cl)ncc1[N+](=O)[O-]. The van der Waals surface area contributed by atoms with Crippen molar-refractivity contribution in [1.29, 1.82) is 0 Å². The molecule has 0 aliphatic rings. The van der Waals surface area contributed by atoms with Gasteiger partial charge in [0, 0.05) is 6.54 Å². The van der Waals surface area contributed by atoms with Crippen LogP contribution in [0.5, 0.6) is 0 Å². The molecule has 0 bridgehead atoms. The molecule has 0 aliphatic carbocycles. The third kappa shape index (κ3) is 5.35. The van der Waals surface area contributed by atoms with Gasteiger partial charge in [0.2, 0.25) is 5.91 Å². The van der Waals surface area contributed by atoms with Gasteiger partial charge in [0.05, 0.1) is 11.5 Å². The molecule has 0 saturated carbocycles. The predicted molar refractivity (Wildman–Crippen MR) is 76.1 cm³/mol. The number of aromatic nitrogens is 1.